The van der Waals surface area contributed by atoms with Crippen LogP contribution in [0.1, 0.15) is 29.6 Å². The molecule has 0 aliphatic carbocycles. The number of carbonyl (C=O) groups is 1. The van der Waals surface area contributed by atoms with Crippen molar-refractivity contribution >= 4 is 5.91 Å². The average Bonchev–Trinajstić information content (AvgIpc) is 2.90. The summed E-state index contributed by atoms with van der Waals surface area (Å²) in [5.41, 5.74) is -0.133. The molecular formula is C13H15N3O3. The van der Waals surface area contributed by atoms with Crippen molar-refractivity contribution in [3.05, 3.63) is 52.3 Å². The summed E-state index contributed by atoms with van der Waals surface area (Å²) in [6.07, 6.45) is 3.15. The Morgan fingerprint density at radius 2 is 2.32 bits per heavy atom. The first kappa shape index (κ1) is 13.1. The molecule has 0 radical (unpaired) electrons. The largest absolute Gasteiger partial charge is 0.469 e. The molecular weight excluding hydrogens is 246 g/mol. The molecule has 2 aromatic rings. The Balaban J connectivity index is 1.84. The molecule has 100 valence electrons. The highest BCUT2D eigenvalue weighted by molar-refractivity contribution is 5.92. The number of rotatable bonds is 5. The summed E-state index contributed by atoms with van der Waals surface area (Å²) in [6.45, 7) is 1.91. The molecule has 1 atom stereocenters. The maximum Gasteiger partial charge on any atom is 0.271 e. The first-order valence-electron chi connectivity index (χ1n) is 6.04. The maximum absolute atomic E-state index is 11.8. The molecule has 0 saturated carbocycles. The fourth-order valence-electron chi connectivity index (χ4n) is 1.65. The van der Waals surface area contributed by atoms with Crippen LogP contribution >= 0.6 is 0 Å². The first-order chi connectivity index (χ1) is 9.15. The Hall–Kier alpha value is -2.37. The SMILES string of the molecule is CC(CCc1ccco1)NC(=O)c1ccc(=O)[nH]n1. The van der Waals surface area contributed by atoms with Gasteiger partial charge >= 0.3 is 0 Å². The molecule has 1 amide bonds. The molecule has 2 aromatic heterocycles. The van der Waals surface area contributed by atoms with Crippen LogP contribution in [0, 0.1) is 0 Å². The van der Waals surface area contributed by atoms with Gasteiger partial charge in [-0.3, -0.25) is 9.59 Å². The summed E-state index contributed by atoms with van der Waals surface area (Å²) in [4.78, 5) is 22.6. The van der Waals surface area contributed by atoms with Gasteiger partial charge in [0.1, 0.15) is 11.5 Å². The number of hydrogen-bond acceptors (Lipinski definition) is 4. The molecule has 0 aromatic carbocycles. The number of carbonyl (C=O) groups excluding carboxylic acids is 1. The number of amides is 1. The lowest BCUT2D eigenvalue weighted by Gasteiger charge is -2.12. The van der Waals surface area contributed by atoms with Gasteiger partial charge in [0.25, 0.3) is 11.5 Å². The number of nitrogens with one attached hydrogen (secondary N) is 2. The Labute approximate surface area is 109 Å². The van der Waals surface area contributed by atoms with E-state index >= 15 is 0 Å². The smallest absolute Gasteiger partial charge is 0.271 e. The highest BCUT2D eigenvalue weighted by Crippen LogP contribution is 2.06. The van der Waals surface area contributed by atoms with Crippen LogP contribution in [-0.2, 0) is 6.42 Å². The van der Waals surface area contributed by atoms with Crippen LogP contribution < -0.4 is 10.9 Å². The van der Waals surface area contributed by atoms with Gasteiger partial charge in [-0.05, 0) is 31.5 Å². The van der Waals surface area contributed by atoms with E-state index in [1.807, 2.05) is 19.1 Å². The summed E-state index contributed by atoms with van der Waals surface area (Å²) in [5.74, 6) is 0.589. The van der Waals surface area contributed by atoms with Gasteiger partial charge in [-0.2, -0.15) is 5.10 Å². The molecule has 19 heavy (non-hydrogen) atoms. The van der Waals surface area contributed by atoms with Crippen molar-refractivity contribution in [3.63, 3.8) is 0 Å². The molecule has 6 heteroatoms. The first-order valence-corrected chi connectivity index (χ1v) is 6.04. The zero-order valence-electron chi connectivity index (χ0n) is 10.6. The van der Waals surface area contributed by atoms with Crippen LogP contribution in [0.25, 0.3) is 0 Å². The summed E-state index contributed by atoms with van der Waals surface area (Å²) >= 11 is 0. The topological polar surface area (TPSA) is 88.0 Å². The van der Waals surface area contributed by atoms with Gasteiger partial charge in [0, 0.05) is 18.5 Å². The van der Waals surface area contributed by atoms with E-state index in [0.29, 0.717) is 0 Å². The Kier molecular flexibility index (Phi) is 4.12. The van der Waals surface area contributed by atoms with E-state index in [0.717, 1.165) is 18.6 Å². The van der Waals surface area contributed by atoms with Crippen molar-refractivity contribution in [1.82, 2.24) is 15.5 Å². The Morgan fingerprint density at radius 3 is 2.95 bits per heavy atom. The highest BCUT2D eigenvalue weighted by atomic mass is 16.3. The molecule has 2 N–H and O–H groups in total. The van der Waals surface area contributed by atoms with E-state index in [2.05, 4.69) is 15.5 Å². The van der Waals surface area contributed by atoms with Crippen molar-refractivity contribution in [2.24, 2.45) is 0 Å². The Bertz CT molecular complexity index is 569. The van der Waals surface area contributed by atoms with E-state index in [-0.39, 0.29) is 23.2 Å². The minimum atomic E-state index is -0.331. The molecule has 0 bridgehead atoms. The van der Waals surface area contributed by atoms with Crippen molar-refractivity contribution < 1.29 is 9.21 Å². The third kappa shape index (κ3) is 3.80. The summed E-state index contributed by atoms with van der Waals surface area (Å²) < 4.78 is 5.22. The van der Waals surface area contributed by atoms with E-state index in [4.69, 9.17) is 4.42 Å². The normalized spacial score (nSPS) is 12.1. The molecule has 0 aliphatic rings. The minimum Gasteiger partial charge on any atom is -0.469 e. The van der Waals surface area contributed by atoms with E-state index < -0.39 is 0 Å². The maximum atomic E-state index is 11.8. The van der Waals surface area contributed by atoms with Gasteiger partial charge < -0.3 is 9.73 Å². The van der Waals surface area contributed by atoms with Crippen LogP contribution in [-0.4, -0.2) is 22.1 Å². The number of aromatic amines is 1. The number of aryl methyl sites for hydroxylation is 1. The fourth-order valence-corrected chi connectivity index (χ4v) is 1.65. The van der Waals surface area contributed by atoms with Crippen LogP contribution in [0.5, 0.6) is 0 Å². The van der Waals surface area contributed by atoms with Crippen LogP contribution in [0.15, 0.2) is 39.7 Å². The molecule has 0 saturated heterocycles. The Morgan fingerprint density at radius 1 is 1.47 bits per heavy atom. The average molecular weight is 261 g/mol. The van der Waals surface area contributed by atoms with Crippen LogP contribution in [0.2, 0.25) is 0 Å². The van der Waals surface area contributed by atoms with Gasteiger partial charge in [-0.15, -0.1) is 0 Å². The van der Waals surface area contributed by atoms with Crippen molar-refractivity contribution in [3.8, 4) is 0 Å². The van der Waals surface area contributed by atoms with E-state index in [1.165, 1.54) is 12.1 Å². The molecule has 2 heterocycles. The van der Waals surface area contributed by atoms with Gasteiger partial charge in [0.2, 0.25) is 0 Å². The summed E-state index contributed by atoms with van der Waals surface area (Å²) in [5, 5.41) is 8.71. The second kappa shape index (κ2) is 5.99. The second-order valence-corrected chi connectivity index (χ2v) is 4.30. The van der Waals surface area contributed by atoms with Crippen LogP contribution in [0.4, 0.5) is 0 Å². The molecule has 2 rings (SSSR count). The molecule has 1 unspecified atom stereocenters. The third-order valence-corrected chi connectivity index (χ3v) is 2.69. The van der Waals surface area contributed by atoms with E-state index in [1.54, 1.807) is 6.26 Å². The predicted molar refractivity (Wildman–Crippen MR) is 68.8 cm³/mol. The van der Waals surface area contributed by atoms with Gasteiger partial charge in [0.15, 0.2) is 0 Å². The number of nitrogens with zero attached hydrogens (tertiary/aromatic N) is 1. The molecule has 0 aliphatic heterocycles. The lowest BCUT2D eigenvalue weighted by atomic mass is 10.1. The van der Waals surface area contributed by atoms with Gasteiger partial charge in [-0.25, -0.2) is 5.10 Å². The summed E-state index contributed by atoms with van der Waals surface area (Å²) in [6, 6.07) is 6.40. The predicted octanol–water partition coefficient (Wildman–Crippen LogP) is 1.11. The number of H-pyrrole nitrogens is 1. The molecule has 0 spiro atoms. The van der Waals surface area contributed by atoms with Gasteiger partial charge in [0.05, 0.1) is 6.26 Å². The van der Waals surface area contributed by atoms with Crippen molar-refractivity contribution in [2.45, 2.75) is 25.8 Å². The monoisotopic (exact) mass is 261 g/mol. The lowest BCUT2D eigenvalue weighted by molar-refractivity contribution is 0.0932. The zero-order chi connectivity index (χ0) is 13.7. The number of hydrogen-bond donors (Lipinski definition) is 2. The fraction of sp³-hybridized carbons (Fsp3) is 0.308. The number of furan rings is 1. The molecule has 6 nitrogen and oxygen atoms in total. The van der Waals surface area contributed by atoms with Crippen molar-refractivity contribution in [2.75, 3.05) is 0 Å². The van der Waals surface area contributed by atoms with E-state index in [9.17, 15) is 9.59 Å². The third-order valence-electron chi connectivity index (χ3n) is 2.69. The second-order valence-electron chi connectivity index (χ2n) is 4.30. The van der Waals surface area contributed by atoms with Gasteiger partial charge in [-0.1, -0.05) is 0 Å². The quantitative estimate of drug-likeness (QED) is 0.844. The number of aromatic nitrogens is 2. The zero-order valence-corrected chi connectivity index (χ0v) is 10.6. The van der Waals surface area contributed by atoms with Crippen LogP contribution in [0.3, 0.4) is 0 Å². The standard InChI is InChI=1S/C13H15N3O3/c1-9(4-5-10-3-2-8-19-10)14-13(18)11-6-7-12(17)16-15-11/h2-3,6-9H,4-5H2,1H3,(H,14,18)(H,16,17). The van der Waals surface area contributed by atoms with Crippen molar-refractivity contribution in [1.29, 1.82) is 0 Å². The lowest BCUT2D eigenvalue weighted by Crippen LogP contribution is -2.34. The molecule has 0 fully saturated rings. The summed E-state index contributed by atoms with van der Waals surface area (Å²) in [7, 11) is 0. The highest BCUT2D eigenvalue weighted by Gasteiger charge is 2.11. The minimum absolute atomic E-state index is 0.00803.